The summed E-state index contributed by atoms with van der Waals surface area (Å²) < 4.78 is 11.2. The van der Waals surface area contributed by atoms with E-state index < -0.39 is 4.92 Å². The smallest absolute Gasteiger partial charge is 0.269 e. The quantitative estimate of drug-likeness (QED) is 0.276. The number of hydrogen-bond acceptors (Lipinski definition) is 5. The van der Waals surface area contributed by atoms with Crippen molar-refractivity contribution >= 4 is 29.2 Å². The Morgan fingerprint density at radius 2 is 1.86 bits per heavy atom. The van der Waals surface area contributed by atoms with Gasteiger partial charge in [-0.05, 0) is 66.1 Å². The number of non-ortho nitro benzene ring substituents is 1. The van der Waals surface area contributed by atoms with Crippen molar-refractivity contribution < 1.29 is 14.4 Å². The van der Waals surface area contributed by atoms with Crippen LogP contribution in [0.1, 0.15) is 16.7 Å². The van der Waals surface area contributed by atoms with Crippen LogP contribution in [0.25, 0.3) is 0 Å². The first-order valence-electron chi connectivity index (χ1n) is 8.81. The Bertz CT molecular complexity index is 1050. The number of halogens is 1. The molecule has 0 saturated heterocycles. The molecule has 29 heavy (non-hydrogen) atoms. The minimum absolute atomic E-state index is 0.0462. The zero-order chi connectivity index (χ0) is 20.8. The number of nitrogens with zero attached hydrogens (tertiary/aromatic N) is 2. The standard InChI is InChI=1S/C22H19ClN2O4/c1-15-19(23)4-3-5-20(15)24-13-17-8-11-21(22(12-17)28-2)29-14-16-6-9-18(10-7-16)25(26)27/h3-13H,14H2,1-2H3. The number of nitro groups is 1. The second-order valence-corrected chi connectivity index (χ2v) is 6.67. The predicted octanol–water partition coefficient (Wildman–Crippen LogP) is 5.89. The molecule has 0 heterocycles. The number of hydrogen-bond donors (Lipinski definition) is 0. The fraction of sp³-hybridized carbons (Fsp3) is 0.136. The molecule has 3 rings (SSSR count). The van der Waals surface area contributed by atoms with Gasteiger partial charge < -0.3 is 9.47 Å². The first-order valence-corrected chi connectivity index (χ1v) is 9.19. The zero-order valence-corrected chi connectivity index (χ0v) is 16.7. The highest BCUT2D eigenvalue weighted by atomic mass is 35.5. The van der Waals surface area contributed by atoms with E-state index in [0.717, 1.165) is 22.4 Å². The lowest BCUT2D eigenvalue weighted by Gasteiger charge is -2.11. The highest BCUT2D eigenvalue weighted by molar-refractivity contribution is 6.31. The SMILES string of the molecule is COc1cc(C=Nc2cccc(Cl)c2C)ccc1OCc1ccc([N+](=O)[O-])cc1. The van der Waals surface area contributed by atoms with E-state index in [1.54, 1.807) is 31.5 Å². The summed E-state index contributed by atoms with van der Waals surface area (Å²) in [5, 5.41) is 11.4. The summed E-state index contributed by atoms with van der Waals surface area (Å²) in [6, 6.07) is 17.3. The molecule has 0 amide bonds. The normalized spacial score (nSPS) is 10.9. The lowest BCUT2D eigenvalue weighted by Crippen LogP contribution is -1.99. The van der Waals surface area contributed by atoms with Crippen molar-refractivity contribution in [2.24, 2.45) is 4.99 Å². The lowest BCUT2D eigenvalue weighted by atomic mass is 10.2. The fourth-order valence-corrected chi connectivity index (χ4v) is 2.81. The Hall–Kier alpha value is -3.38. The monoisotopic (exact) mass is 410 g/mol. The van der Waals surface area contributed by atoms with E-state index in [1.807, 2.05) is 37.3 Å². The average molecular weight is 411 g/mol. The van der Waals surface area contributed by atoms with E-state index in [0.29, 0.717) is 16.5 Å². The average Bonchev–Trinajstić information content (AvgIpc) is 2.73. The third kappa shape index (κ3) is 5.12. The van der Waals surface area contributed by atoms with Gasteiger partial charge in [-0.3, -0.25) is 15.1 Å². The number of methoxy groups -OCH3 is 1. The van der Waals surface area contributed by atoms with Crippen molar-refractivity contribution in [3.05, 3.63) is 92.5 Å². The maximum absolute atomic E-state index is 10.7. The first-order chi connectivity index (χ1) is 14.0. The van der Waals surface area contributed by atoms with Gasteiger partial charge in [0.1, 0.15) is 6.61 Å². The van der Waals surface area contributed by atoms with Crippen LogP contribution in [0, 0.1) is 17.0 Å². The lowest BCUT2D eigenvalue weighted by molar-refractivity contribution is -0.384. The first kappa shape index (κ1) is 20.4. The molecule has 0 aliphatic carbocycles. The number of ether oxygens (including phenoxy) is 2. The summed E-state index contributed by atoms with van der Waals surface area (Å²) >= 11 is 6.13. The second-order valence-electron chi connectivity index (χ2n) is 6.26. The van der Waals surface area contributed by atoms with E-state index in [4.69, 9.17) is 21.1 Å². The molecule has 0 spiro atoms. The molecule has 0 aliphatic heterocycles. The summed E-state index contributed by atoms with van der Waals surface area (Å²) in [5.41, 5.74) is 3.43. The second kappa shape index (κ2) is 9.21. The molecule has 7 heteroatoms. The summed E-state index contributed by atoms with van der Waals surface area (Å²) in [6.45, 7) is 2.19. The molecule has 6 nitrogen and oxygen atoms in total. The van der Waals surface area contributed by atoms with E-state index in [1.165, 1.54) is 12.1 Å². The number of nitro benzene ring substituents is 1. The Balaban J connectivity index is 1.72. The molecule has 0 aromatic heterocycles. The molecule has 0 fully saturated rings. The molecule has 0 atom stereocenters. The van der Waals surface area contributed by atoms with Crippen molar-refractivity contribution in [2.75, 3.05) is 7.11 Å². The van der Waals surface area contributed by atoms with Crippen LogP contribution in [0.2, 0.25) is 5.02 Å². The predicted molar refractivity (Wildman–Crippen MR) is 114 cm³/mol. The maximum atomic E-state index is 10.7. The van der Waals surface area contributed by atoms with Crippen LogP contribution in [0.4, 0.5) is 11.4 Å². The van der Waals surface area contributed by atoms with Gasteiger partial charge in [0, 0.05) is 23.4 Å². The summed E-state index contributed by atoms with van der Waals surface area (Å²) in [4.78, 5) is 14.8. The van der Waals surface area contributed by atoms with Crippen molar-refractivity contribution in [3.8, 4) is 11.5 Å². The largest absolute Gasteiger partial charge is 0.493 e. The molecule has 0 N–H and O–H groups in total. The van der Waals surface area contributed by atoms with Gasteiger partial charge in [0.2, 0.25) is 0 Å². The summed E-state index contributed by atoms with van der Waals surface area (Å²) in [7, 11) is 1.57. The van der Waals surface area contributed by atoms with Gasteiger partial charge in [0.25, 0.3) is 5.69 Å². The van der Waals surface area contributed by atoms with Crippen LogP contribution < -0.4 is 9.47 Å². The van der Waals surface area contributed by atoms with Gasteiger partial charge in [-0.2, -0.15) is 0 Å². The van der Waals surface area contributed by atoms with E-state index in [-0.39, 0.29) is 12.3 Å². The van der Waals surface area contributed by atoms with Crippen LogP contribution in [0.5, 0.6) is 11.5 Å². The Labute approximate surface area is 173 Å². The Morgan fingerprint density at radius 3 is 2.55 bits per heavy atom. The summed E-state index contributed by atoms with van der Waals surface area (Å²) in [5.74, 6) is 1.14. The molecule has 0 unspecified atom stereocenters. The Morgan fingerprint density at radius 1 is 1.10 bits per heavy atom. The maximum Gasteiger partial charge on any atom is 0.269 e. The minimum Gasteiger partial charge on any atom is -0.493 e. The van der Waals surface area contributed by atoms with Crippen LogP contribution >= 0.6 is 11.6 Å². The van der Waals surface area contributed by atoms with Gasteiger partial charge in [-0.1, -0.05) is 17.7 Å². The number of benzene rings is 3. The molecule has 0 saturated carbocycles. The molecule has 0 radical (unpaired) electrons. The highest BCUT2D eigenvalue weighted by Gasteiger charge is 2.08. The highest BCUT2D eigenvalue weighted by Crippen LogP contribution is 2.29. The minimum atomic E-state index is -0.432. The van der Waals surface area contributed by atoms with E-state index in [9.17, 15) is 10.1 Å². The third-order valence-electron chi connectivity index (χ3n) is 4.32. The fourth-order valence-electron chi connectivity index (χ4n) is 2.64. The molecular formula is C22H19ClN2O4. The third-order valence-corrected chi connectivity index (χ3v) is 4.73. The van der Waals surface area contributed by atoms with Gasteiger partial charge in [0.15, 0.2) is 11.5 Å². The number of rotatable bonds is 7. The van der Waals surface area contributed by atoms with Gasteiger partial charge in [-0.15, -0.1) is 0 Å². The van der Waals surface area contributed by atoms with E-state index >= 15 is 0 Å². The van der Waals surface area contributed by atoms with Crippen LogP contribution in [0.15, 0.2) is 65.7 Å². The molecule has 3 aromatic carbocycles. The van der Waals surface area contributed by atoms with E-state index in [2.05, 4.69) is 4.99 Å². The van der Waals surface area contributed by atoms with Crippen LogP contribution in [-0.4, -0.2) is 18.2 Å². The zero-order valence-electron chi connectivity index (χ0n) is 16.0. The van der Waals surface area contributed by atoms with Gasteiger partial charge in [0.05, 0.1) is 17.7 Å². The van der Waals surface area contributed by atoms with Crippen molar-refractivity contribution in [3.63, 3.8) is 0 Å². The summed E-state index contributed by atoms with van der Waals surface area (Å²) in [6.07, 6.45) is 1.74. The Kier molecular flexibility index (Phi) is 6.46. The van der Waals surface area contributed by atoms with Gasteiger partial charge in [-0.25, -0.2) is 0 Å². The topological polar surface area (TPSA) is 74.0 Å². The van der Waals surface area contributed by atoms with Crippen molar-refractivity contribution in [1.82, 2.24) is 0 Å². The van der Waals surface area contributed by atoms with Crippen LogP contribution in [0.3, 0.4) is 0 Å². The van der Waals surface area contributed by atoms with Crippen molar-refractivity contribution in [2.45, 2.75) is 13.5 Å². The van der Waals surface area contributed by atoms with Gasteiger partial charge >= 0.3 is 0 Å². The molecule has 0 bridgehead atoms. The van der Waals surface area contributed by atoms with Crippen molar-refractivity contribution in [1.29, 1.82) is 0 Å². The number of aliphatic imine (C=N–C) groups is 1. The molecule has 3 aromatic rings. The molecular weight excluding hydrogens is 392 g/mol. The molecule has 148 valence electrons. The molecule has 0 aliphatic rings. The van der Waals surface area contributed by atoms with Crippen LogP contribution in [-0.2, 0) is 6.61 Å².